The minimum Gasteiger partial charge on any atom is -0.352 e. The van der Waals surface area contributed by atoms with Crippen molar-refractivity contribution < 1.29 is 14.1 Å². The molecule has 0 radical (unpaired) electrons. The molecule has 0 saturated carbocycles. The van der Waals surface area contributed by atoms with Crippen LogP contribution in [0.15, 0.2) is 77.6 Å². The van der Waals surface area contributed by atoms with Gasteiger partial charge in [0.25, 0.3) is 11.8 Å². The lowest BCUT2D eigenvalue weighted by atomic mass is 10.1. The van der Waals surface area contributed by atoms with Crippen molar-refractivity contribution in [3.8, 4) is 11.4 Å². The van der Waals surface area contributed by atoms with E-state index in [1.165, 1.54) is 6.20 Å². The number of anilines is 1. The highest BCUT2D eigenvalue weighted by Crippen LogP contribution is 2.18. The molecule has 0 aliphatic rings. The summed E-state index contributed by atoms with van der Waals surface area (Å²) in [5.41, 5.74) is 2.15. The summed E-state index contributed by atoms with van der Waals surface area (Å²) in [5, 5.41) is 10.1. The monoisotopic (exact) mass is 447 g/mol. The van der Waals surface area contributed by atoms with Crippen LogP contribution in [0.2, 0.25) is 5.02 Å². The molecule has 2 heterocycles. The van der Waals surface area contributed by atoms with Crippen LogP contribution in [-0.4, -0.2) is 33.5 Å². The maximum absolute atomic E-state index is 12.5. The number of amides is 2. The summed E-state index contributed by atoms with van der Waals surface area (Å²) in [5.74, 6) is 0.288. The molecule has 4 aromatic rings. The molecular weight excluding hydrogens is 430 g/mol. The zero-order chi connectivity index (χ0) is 22.3. The van der Waals surface area contributed by atoms with Crippen molar-refractivity contribution in [2.45, 2.75) is 6.42 Å². The van der Waals surface area contributed by atoms with Gasteiger partial charge < -0.3 is 15.2 Å². The first-order chi connectivity index (χ1) is 15.6. The number of nitrogens with one attached hydrogen (secondary N) is 2. The quantitative estimate of drug-likeness (QED) is 0.443. The van der Waals surface area contributed by atoms with E-state index >= 15 is 0 Å². The van der Waals surface area contributed by atoms with Gasteiger partial charge >= 0.3 is 0 Å². The fourth-order valence-electron chi connectivity index (χ4n) is 2.90. The lowest BCUT2D eigenvalue weighted by molar-refractivity contribution is 0.0952. The Morgan fingerprint density at radius 1 is 0.969 bits per heavy atom. The molecule has 160 valence electrons. The van der Waals surface area contributed by atoms with E-state index < -0.39 is 0 Å². The maximum Gasteiger partial charge on any atom is 0.257 e. The van der Waals surface area contributed by atoms with Gasteiger partial charge in [0.15, 0.2) is 0 Å². The fourth-order valence-corrected chi connectivity index (χ4v) is 3.02. The molecule has 0 saturated heterocycles. The molecule has 2 amide bonds. The molecule has 0 atom stereocenters. The number of aromatic nitrogens is 3. The van der Waals surface area contributed by atoms with E-state index in [-0.39, 0.29) is 11.8 Å². The zero-order valence-electron chi connectivity index (χ0n) is 16.8. The van der Waals surface area contributed by atoms with E-state index in [1.807, 2.05) is 0 Å². The Hall–Kier alpha value is -4.04. The van der Waals surface area contributed by atoms with Crippen LogP contribution in [0, 0.1) is 0 Å². The van der Waals surface area contributed by atoms with Gasteiger partial charge in [-0.15, -0.1) is 0 Å². The van der Waals surface area contributed by atoms with Crippen molar-refractivity contribution >= 4 is 29.1 Å². The topological polar surface area (TPSA) is 110 Å². The van der Waals surface area contributed by atoms with Crippen molar-refractivity contribution in [2.24, 2.45) is 0 Å². The predicted molar refractivity (Wildman–Crippen MR) is 119 cm³/mol. The standard InChI is InChI=1S/C23H18ClN5O3/c24-18-8-6-15(7-9-18)21-28-20(32-29-21)10-12-26-22(30)16-3-1-5-19(13-16)27-23(31)17-4-2-11-25-14-17/h1-9,11,13-14H,10,12H2,(H,26,30)(H,27,31). The third-order valence-corrected chi connectivity index (χ3v) is 4.75. The Kier molecular flexibility index (Phi) is 6.52. The number of hydrogen-bond donors (Lipinski definition) is 2. The molecule has 2 N–H and O–H groups in total. The Balaban J connectivity index is 1.31. The number of halogens is 1. The van der Waals surface area contributed by atoms with Gasteiger partial charge in [-0.1, -0.05) is 22.8 Å². The third kappa shape index (κ3) is 5.35. The van der Waals surface area contributed by atoms with Gasteiger partial charge in [0.05, 0.1) is 5.56 Å². The van der Waals surface area contributed by atoms with E-state index in [0.717, 1.165) is 5.56 Å². The van der Waals surface area contributed by atoms with Crippen LogP contribution in [0.1, 0.15) is 26.6 Å². The summed E-state index contributed by atoms with van der Waals surface area (Å²) in [6.45, 7) is 0.313. The molecule has 4 rings (SSSR count). The van der Waals surface area contributed by atoms with E-state index in [1.54, 1.807) is 66.9 Å². The second-order valence-electron chi connectivity index (χ2n) is 6.80. The van der Waals surface area contributed by atoms with E-state index in [0.29, 0.717) is 46.5 Å². The Morgan fingerprint density at radius 3 is 2.56 bits per heavy atom. The zero-order valence-corrected chi connectivity index (χ0v) is 17.5. The molecule has 0 bridgehead atoms. The van der Waals surface area contributed by atoms with Crippen molar-refractivity contribution in [3.63, 3.8) is 0 Å². The lowest BCUT2D eigenvalue weighted by Crippen LogP contribution is -2.26. The van der Waals surface area contributed by atoms with Gasteiger partial charge in [-0.3, -0.25) is 14.6 Å². The number of carbonyl (C=O) groups is 2. The normalized spacial score (nSPS) is 10.5. The summed E-state index contributed by atoms with van der Waals surface area (Å²) < 4.78 is 5.24. The van der Waals surface area contributed by atoms with Crippen LogP contribution < -0.4 is 10.6 Å². The highest BCUT2D eigenvalue weighted by molar-refractivity contribution is 6.30. The molecule has 0 aliphatic heterocycles. The van der Waals surface area contributed by atoms with E-state index in [9.17, 15) is 9.59 Å². The van der Waals surface area contributed by atoms with Crippen molar-refractivity contribution in [1.29, 1.82) is 0 Å². The molecule has 0 spiro atoms. The number of hydrogen-bond acceptors (Lipinski definition) is 6. The first kappa shape index (κ1) is 21.2. The van der Waals surface area contributed by atoms with Crippen LogP contribution in [-0.2, 0) is 6.42 Å². The summed E-state index contributed by atoms with van der Waals surface area (Å²) in [6, 6.07) is 17.1. The molecule has 0 fully saturated rings. The number of benzene rings is 2. The lowest BCUT2D eigenvalue weighted by Gasteiger charge is -2.08. The highest BCUT2D eigenvalue weighted by Gasteiger charge is 2.11. The first-order valence-electron chi connectivity index (χ1n) is 9.77. The Bertz CT molecular complexity index is 1230. The van der Waals surface area contributed by atoms with Crippen molar-refractivity contribution in [2.75, 3.05) is 11.9 Å². The fraction of sp³-hybridized carbons (Fsp3) is 0.0870. The van der Waals surface area contributed by atoms with Crippen LogP contribution in [0.5, 0.6) is 0 Å². The molecule has 0 unspecified atom stereocenters. The minimum absolute atomic E-state index is 0.278. The second-order valence-corrected chi connectivity index (χ2v) is 7.24. The average molecular weight is 448 g/mol. The second kappa shape index (κ2) is 9.84. The predicted octanol–water partition coefficient (Wildman–Crippen LogP) is 4.01. The number of nitrogens with zero attached hydrogens (tertiary/aromatic N) is 3. The van der Waals surface area contributed by atoms with E-state index in [4.69, 9.17) is 16.1 Å². The van der Waals surface area contributed by atoms with Crippen molar-refractivity contribution in [3.05, 3.63) is 95.1 Å². The molecule has 9 heteroatoms. The molecule has 2 aromatic heterocycles. The Labute approximate surface area is 188 Å². The smallest absolute Gasteiger partial charge is 0.257 e. The molecule has 0 aliphatic carbocycles. The van der Waals surface area contributed by atoms with Gasteiger partial charge in [-0.25, -0.2) is 0 Å². The van der Waals surface area contributed by atoms with Crippen LogP contribution in [0.3, 0.4) is 0 Å². The van der Waals surface area contributed by atoms with E-state index in [2.05, 4.69) is 25.8 Å². The van der Waals surface area contributed by atoms with Gasteiger partial charge in [0.1, 0.15) is 0 Å². The van der Waals surface area contributed by atoms with Crippen LogP contribution in [0.4, 0.5) is 5.69 Å². The van der Waals surface area contributed by atoms with Gasteiger partial charge in [-0.2, -0.15) is 4.98 Å². The summed E-state index contributed by atoms with van der Waals surface area (Å²) in [6.07, 6.45) is 3.44. The first-order valence-corrected chi connectivity index (χ1v) is 10.1. The largest absolute Gasteiger partial charge is 0.352 e. The molecule has 8 nitrogen and oxygen atoms in total. The van der Waals surface area contributed by atoms with Crippen LogP contribution in [0.25, 0.3) is 11.4 Å². The maximum atomic E-state index is 12.5. The van der Waals surface area contributed by atoms with Gasteiger partial charge in [0, 0.05) is 47.2 Å². The average Bonchev–Trinajstić information content (AvgIpc) is 3.29. The van der Waals surface area contributed by atoms with Crippen LogP contribution >= 0.6 is 11.6 Å². The molecule has 32 heavy (non-hydrogen) atoms. The minimum atomic E-state index is -0.302. The number of carbonyl (C=O) groups excluding carboxylic acids is 2. The summed E-state index contributed by atoms with van der Waals surface area (Å²) in [7, 11) is 0. The number of rotatable bonds is 7. The SMILES string of the molecule is O=C(NCCc1nc(-c2ccc(Cl)cc2)no1)c1cccc(NC(=O)c2cccnc2)c1. The molecular formula is C23H18ClN5O3. The third-order valence-electron chi connectivity index (χ3n) is 4.50. The van der Waals surface area contributed by atoms with Crippen molar-refractivity contribution in [1.82, 2.24) is 20.4 Å². The van der Waals surface area contributed by atoms with Gasteiger partial charge in [-0.05, 0) is 54.6 Å². The molecule has 2 aromatic carbocycles. The highest BCUT2D eigenvalue weighted by atomic mass is 35.5. The summed E-state index contributed by atoms with van der Waals surface area (Å²) >= 11 is 5.89. The number of pyridine rings is 1. The summed E-state index contributed by atoms with van der Waals surface area (Å²) in [4.78, 5) is 33.0. The Morgan fingerprint density at radius 2 is 1.78 bits per heavy atom. The van der Waals surface area contributed by atoms with Gasteiger partial charge in [0.2, 0.25) is 11.7 Å².